The van der Waals surface area contributed by atoms with Crippen molar-refractivity contribution < 1.29 is 9.90 Å². The van der Waals surface area contributed by atoms with Crippen LogP contribution in [0.15, 0.2) is 30.5 Å². The first kappa shape index (κ1) is 12.7. The van der Waals surface area contributed by atoms with Crippen molar-refractivity contribution >= 4 is 16.9 Å². The second-order valence-electron chi connectivity index (χ2n) is 5.12. The van der Waals surface area contributed by atoms with E-state index in [0.717, 1.165) is 29.8 Å². The minimum Gasteiger partial charge on any atom is -0.478 e. The number of benzene rings is 1. The Labute approximate surface area is 107 Å². The summed E-state index contributed by atoms with van der Waals surface area (Å²) in [7, 11) is 0. The first-order valence-corrected chi connectivity index (χ1v) is 6.40. The third-order valence-electron chi connectivity index (χ3n) is 3.20. The highest BCUT2D eigenvalue weighted by molar-refractivity contribution is 5.93. The summed E-state index contributed by atoms with van der Waals surface area (Å²) in [5, 5.41) is 9.95. The van der Waals surface area contributed by atoms with Crippen molar-refractivity contribution in [2.75, 3.05) is 0 Å². The highest BCUT2D eigenvalue weighted by Gasteiger charge is 2.06. The predicted octanol–water partition coefficient (Wildman–Crippen LogP) is 3.78. The molecule has 0 saturated carbocycles. The van der Waals surface area contributed by atoms with Crippen molar-refractivity contribution in [1.29, 1.82) is 0 Å². The maximum Gasteiger partial charge on any atom is 0.335 e. The van der Waals surface area contributed by atoms with E-state index in [1.807, 2.05) is 18.3 Å². The summed E-state index contributed by atoms with van der Waals surface area (Å²) in [6.45, 7) is 5.45. The fraction of sp³-hybridized carbons (Fsp3) is 0.400. The molecule has 1 aromatic heterocycles. The van der Waals surface area contributed by atoms with Gasteiger partial charge in [-0.05, 0) is 43.0 Å². The lowest BCUT2D eigenvalue weighted by Gasteiger charge is -2.07. The van der Waals surface area contributed by atoms with E-state index in [2.05, 4.69) is 18.4 Å². The van der Waals surface area contributed by atoms with Gasteiger partial charge >= 0.3 is 5.97 Å². The van der Waals surface area contributed by atoms with E-state index in [1.165, 1.54) is 6.42 Å². The van der Waals surface area contributed by atoms with Gasteiger partial charge in [-0.2, -0.15) is 0 Å². The molecular weight excluding hydrogens is 226 g/mol. The molecule has 2 rings (SSSR count). The van der Waals surface area contributed by atoms with Crippen LogP contribution in [0, 0.1) is 5.92 Å². The molecule has 0 atom stereocenters. The van der Waals surface area contributed by atoms with Crippen molar-refractivity contribution in [2.45, 2.75) is 33.2 Å². The summed E-state index contributed by atoms with van der Waals surface area (Å²) in [5.41, 5.74) is 1.46. The Morgan fingerprint density at radius 2 is 2.11 bits per heavy atom. The van der Waals surface area contributed by atoms with Crippen molar-refractivity contribution in [2.24, 2.45) is 5.92 Å². The topological polar surface area (TPSA) is 42.2 Å². The number of carbonyl (C=O) groups is 1. The Morgan fingerprint density at radius 3 is 2.78 bits per heavy atom. The molecule has 3 nitrogen and oxygen atoms in total. The summed E-state index contributed by atoms with van der Waals surface area (Å²) >= 11 is 0. The lowest BCUT2D eigenvalue weighted by molar-refractivity contribution is 0.0697. The molecule has 0 saturated heterocycles. The normalized spacial score (nSPS) is 11.3. The smallest absolute Gasteiger partial charge is 0.335 e. The lowest BCUT2D eigenvalue weighted by Crippen LogP contribution is -1.99. The molecule has 96 valence electrons. The van der Waals surface area contributed by atoms with Crippen LogP contribution in [0.25, 0.3) is 10.9 Å². The Hall–Kier alpha value is -1.77. The molecule has 0 fully saturated rings. The number of nitrogens with zero attached hydrogens (tertiary/aromatic N) is 1. The Kier molecular flexibility index (Phi) is 3.70. The number of aryl methyl sites for hydroxylation is 1. The van der Waals surface area contributed by atoms with Crippen LogP contribution in [0.4, 0.5) is 0 Å². The van der Waals surface area contributed by atoms with Crippen LogP contribution in [0.2, 0.25) is 0 Å². The van der Waals surface area contributed by atoms with Crippen LogP contribution in [0.5, 0.6) is 0 Å². The van der Waals surface area contributed by atoms with E-state index in [9.17, 15) is 4.79 Å². The number of aromatic carboxylic acids is 1. The molecule has 1 heterocycles. The third-order valence-corrected chi connectivity index (χ3v) is 3.20. The molecule has 3 heteroatoms. The minimum absolute atomic E-state index is 0.349. The minimum atomic E-state index is -0.871. The van der Waals surface area contributed by atoms with Gasteiger partial charge in [0.15, 0.2) is 0 Å². The molecule has 1 N–H and O–H groups in total. The summed E-state index contributed by atoms with van der Waals surface area (Å²) in [6.07, 6.45) is 4.41. The van der Waals surface area contributed by atoms with Crippen molar-refractivity contribution in [1.82, 2.24) is 4.57 Å². The number of carboxylic acids is 1. The SMILES string of the molecule is CC(C)CCCn1ccc2cc(C(=O)O)ccc21. The van der Waals surface area contributed by atoms with Crippen LogP contribution in [-0.4, -0.2) is 15.6 Å². The monoisotopic (exact) mass is 245 g/mol. The number of hydrogen-bond acceptors (Lipinski definition) is 1. The maximum atomic E-state index is 10.9. The van der Waals surface area contributed by atoms with Crippen molar-refractivity contribution in [3.8, 4) is 0 Å². The molecule has 0 radical (unpaired) electrons. The fourth-order valence-corrected chi connectivity index (χ4v) is 2.20. The second-order valence-corrected chi connectivity index (χ2v) is 5.12. The van der Waals surface area contributed by atoms with E-state index in [-0.39, 0.29) is 0 Å². The van der Waals surface area contributed by atoms with Crippen molar-refractivity contribution in [3.05, 3.63) is 36.0 Å². The van der Waals surface area contributed by atoms with E-state index in [0.29, 0.717) is 5.56 Å². The van der Waals surface area contributed by atoms with E-state index < -0.39 is 5.97 Å². The molecule has 0 amide bonds. The number of fused-ring (bicyclic) bond motifs is 1. The maximum absolute atomic E-state index is 10.9. The van der Waals surface area contributed by atoms with Gasteiger partial charge in [0.1, 0.15) is 0 Å². The first-order chi connectivity index (χ1) is 8.58. The zero-order valence-electron chi connectivity index (χ0n) is 10.9. The number of aromatic nitrogens is 1. The summed E-state index contributed by atoms with van der Waals surface area (Å²) < 4.78 is 2.20. The first-order valence-electron chi connectivity index (χ1n) is 6.40. The second kappa shape index (κ2) is 5.25. The molecule has 0 aliphatic carbocycles. The largest absolute Gasteiger partial charge is 0.478 e. The van der Waals surface area contributed by atoms with Gasteiger partial charge in [-0.1, -0.05) is 13.8 Å². The Balaban J connectivity index is 2.18. The van der Waals surface area contributed by atoms with Crippen LogP contribution >= 0.6 is 0 Å². The van der Waals surface area contributed by atoms with Gasteiger partial charge in [0.2, 0.25) is 0 Å². The molecule has 0 unspecified atom stereocenters. The van der Waals surface area contributed by atoms with E-state index in [1.54, 1.807) is 12.1 Å². The van der Waals surface area contributed by atoms with Crippen molar-refractivity contribution in [3.63, 3.8) is 0 Å². The number of rotatable bonds is 5. The molecule has 1 aromatic carbocycles. The molecular formula is C15H19NO2. The van der Waals surface area contributed by atoms with Crippen LogP contribution in [0.3, 0.4) is 0 Å². The highest BCUT2D eigenvalue weighted by Crippen LogP contribution is 2.19. The molecule has 0 bridgehead atoms. The highest BCUT2D eigenvalue weighted by atomic mass is 16.4. The van der Waals surface area contributed by atoms with Gasteiger partial charge in [0, 0.05) is 23.6 Å². The number of hydrogen-bond donors (Lipinski definition) is 1. The van der Waals surface area contributed by atoms with E-state index >= 15 is 0 Å². The van der Waals surface area contributed by atoms with Gasteiger partial charge in [0.25, 0.3) is 0 Å². The average Bonchev–Trinajstić information content (AvgIpc) is 2.71. The van der Waals surface area contributed by atoms with E-state index in [4.69, 9.17) is 5.11 Å². The van der Waals surface area contributed by atoms with Crippen LogP contribution < -0.4 is 0 Å². The quantitative estimate of drug-likeness (QED) is 0.871. The van der Waals surface area contributed by atoms with Gasteiger partial charge in [-0.3, -0.25) is 0 Å². The van der Waals surface area contributed by atoms with Gasteiger partial charge < -0.3 is 9.67 Å². The third kappa shape index (κ3) is 2.73. The Morgan fingerprint density at radius 1 is 1.33 bits per heavy atom. The summed E-state index contributed by atoms with van der Waals surface area (Å²) in [6, 6.07) is 7.28. The Bertz CT molecular complexity index is 555. The van der Waals surface area contributed by atoms with Crippen LogP contribution in [-0.2, 0) is 6.54 Å². The molecule has 2 aromatic rings. The van der Waals surface area contributed by atoms with Crippen LogP contribution in [0.1, 0.15) is 37.0 Å². The summed E-state index contributed by atoms with van der Waals surface area (Å²) in [5.74, 6) is -0.144. The van der Waals surface area contributed by atoms with Gasteiger partial charge in [-0.15, -0.1) is 0 Å². The molecule has 0 aliphatic rings. The lowest BCUT2D eigenvalue weighted by atomic mass is 10.1. The predicted molar refractivity (Wildman–Crippen MR) is 73.0 cm³/mol. The fourth-order valence-electron chi connectivity index (χ4n) is 2.20. The van der Waals surface area contributed by atoms with Gasteiger partial charge in [0.05, 0.1) is 5.56 Å². The molecule has 0 spiro atoms. The summed E-state index contributed by atoms with van der Waals surface area (Å²) in [4.78, 5) is 10.9. The zero-order valence-corrected chi connectivity index (χ0v) is 10.9. The zero-order chi connectivity index (χ0) is 13.1. The number of carboxylic acid groups (broad SMARTS) is 1. The average molecular weight is 245 g/mol. The van der Waals surface area contributed by atoms with Gasteiger partial charge in [-0.25, -0.2) is 4.79 Å². The molecule has 18 heavy (non-hydrogen) atoms. The standard InChI is InChI=1S/C15H19NO2/c1-11(2)4-3-8-16-9-7-12-10-13(15(17)18)5-6-14(12)16/h5-7,9-11H,3-4,8H2,1-2H3,(H,17,18). The molecule has 0 aliphatic heterocycles.